The fourth-order valence-electron chi connectivity index (χ4n) is 3.43. The lowest BCUT2D eigenvalue weighted by molar-refractivity contribution is -0.697. The maximum atomic E-state index is 4.84. The van der Waals surface area contributed by atoms with Gasteiger partial charge in [0.15, 0.2) is 12.4 Å². The van der Waals surface area contributed by atoms with Gasteiger partial charge in [-0.05, 0) is 29.7 Å². The maximum absolute atomic E-state index is 4.84. The highest BCUT2D eigenvalue weighted by atomic mass is 127. The molecule has 0 saturated heterocycles. The van der Waals surface area contributed by atoms with Crippen LogP contribution in [0.25, 0.3) is 28.0 Å². The molecule has 0 bridgehead atoms. The fourth-order valence-corrected chi connectivity index (χ4v) is 3.43. The third-order valence-electron chi connectivity index (χ3n) is 5.02. The van der Waals surface area contributed by atoms with Crippen LogP contribution in [0.3, 0.4) is 0 Å². The molecule has 0 spiro atoms. The Morgan fingerprint density at radius 1 is 0.857 bits per heavy atom. The lowest BCUT2D eigenvalue weighted by atomic mass is 10.1. The van der Waals surface area contributed by atoms with Crippen LogP contribution in [0.2, 0.25) is 0 Å². The van der Waals surface area contributed by atoms with Crippen molar-refractivity contribution in [3.63, 3.8) is 0 Å². The zero-order valence-corrected chi connectivity index (χ0v) is 18.4. The van der Waals surface area contributed by atoms with Crippen molar-refractivity contribution in [2.45, 2.75) is 39.2 Å². The van der Waals surface area contributed by atoms with Gasteiger partial charge in [0.05, 0.1) is 5.69 Å². The Kier molecular flexibility index (Phi) is 7.20. The quantitative estimate of drug-likeness (QED) is 0.225. The first-order chi connectivity index (χ1) is 13.3. The molecule has 4 heteroatoms. The summed E-state index contributed by atoms with van der Waals surface area (Å²) in [6, 6.07) is 19.1. The molecule has 0 aliphatic rings. The standard InChI is InChI=1S/C24H26N3.HI/c1-2-3-4-8-14-26-15-11-21(12-16-26)23-19-27-17-13-22(18-24(27)25-23)20-9-6-5-7-10-20;/h5-7,9-13,15-19H,2-4,8,14H2,1H3;1H/q+1;/p-1. The number of benzene rings is 1. The minimum atomic E-state index is 0. The van der Waals surface area contributed by atoms with Crippen molar-refractivity contribution in [2.75, 3.05) is 0 Å². The number of unbranched alkanes of at least 4 members (excludes halogenated alkanes) is 3. The van der Waals surface area contributed by atoms with Gasteiger partial charge in [0.2, 0.25) is 0 Å². The van der Waals surface area contributed by atoms with Gasteiger partial charge in [0.25, 0.3) is 0 Å². The number of aryl methyl sites for hydroxylation is 1. The van der Waals surface area contributed by atoms with Gasteiger partial charge in [0, 0.05) is 36.5 Å². The summed E-state index contributed by atoms with van der Waals surface area (Å²) in [5, 5.41) is 0. The second-order valence-corrected chi connectivity index (χ2v) is 7.06. The Labute approximate surface area is 184 Å². The molecule has 0 unspecified atom stereocenters. The highest BCUT2D eigenvalue weighted by molar-refractivity contribution is 5.69. The Balaban J connectivity index is 0.00000225. The summed E-state index contributed by atoms with van der Waals surface area (Å²) in [6.07, 6.45) is 13.7. The van der Waals surface area contributed by atoms with Crippen LogP contribution in [-0.2, 0) is 6.54 Å². The third-order valence-corrected chi connectivity index (χ3v) is 5.02. The zero-order valence-electron chi connectivity index (χ0n) is 16.3. The molecule has 0 atom stereocenters. The van der Waals surface area contributed by atoms with Gasteiger partial charge in [-0.3, -0.25) is 0 Å². The van der Waals surface area contributed by atoms with Gasteiger partial charge in [-0.15, -0.1) is 0 Å². The van der Waals surface area contributed by atoms with E-state index in [1.54, 1.807) is 0 Å². The van der Waals surface area contributed by atoms with E-state index in [-0.39, 0.29) is 24.0 Å². The van der Waals surface area contributed by atoms with Crippen molar-refractivity contribution in [1.82, 2.24) is 9.38 Å². The summed E-state index contributed by atoms with van der Waals surface area (Å²) in [5.74, 6) is 0. The smallest absolute Gasteiger partial charge is 0.169 e. The SMILES string of the molecule is CCCCCC[n+]1ccc(-c2cn3ccc(-c4ccccc4)cc3n2)cc1.[I-]. The topological polar surface area (TPSA) is 21.2 Å². The molecular formula is C24H26IN3. The molecule has 4 rings (SSSR count). The minimum absolute atomic E-state index is 0. The van der Waals surface area contributed by atoms with E-state index in [0.717, 1.165) is 23.4 Å². The zero-order chi connectivity index (χ0) is 18.5. The third kappa shape index (κ3) is 4.79. The van der Waals surface area contributed by atoms with Crippen LogP contribution < -0.4 is 28.5 Å². The van der Waals surface area contributed by atoms with E-state index in [0.29, 0.717) is 0 Å². The van der Waals surface area contributed by atoms with Crippen LogP contribution in [0.1, 0.15) is 32.6 Å². The summed E-state index contributed by atoms with van der Waals surface area (Å²) in [6.45, 7) is 3.34. The number of nitrogens with zero attached hydrogens (tertiary/aromatic N) is 3. The molecule has 28 heavy (non-hydrogen) atoms. The first-order valence-electron chi connectivity index (χ1n) is 9.87. The first kappa shape index (κ1) is 20.5. The number of rotatable bonds is 7. The molecule has 144 valence electrons. The van der Waals surface area contributed by atoms with Crippen LogP contribution in [0.15, 0.2) is 79.4 Å². The number of fused-ring (bicyclic) bond motifs is 1. The van der Waals surface area contributed by atoms with E-state index in [2.05, 4.69) is 89.2 Å². The molecule has 3 heterocycles. The van der Waals surface area contributed by atoms with Gasteiger partial charge in [-0.2, -0.15) is 0 Å². The largest absolute Gasteiger partial charge is 1.00 e. The first-order valence-corrected chi connectivity index (χ1v) is 9.87. The van der Waals surface area contributed by atoms with E-state index < -0.39 is 0 Å². The lowest BCUT2D eigenvalue weighted by Crippen LogP contribution is -3.00. The summed E-state index contributed by atoms with van der Waals surface area (Å²) >= 11 is 0. The van der Waals surface area contributed by atoms with Gasteiger partial charge in [0.1, 0.15) is 12.2 Å². The number of imidazole rings is 1. The van der Waals surface area contributed by atoms with Crippen LogP contribution in [0.4, 0.5) is 0 Å². The van der Waals surface area contributed by atoms with Gasteiger partial charge >= 0.3 is 0 Å². The number of hydrogen-bond donors (Lipinski definition) is 0. The molecule has 3 aromatic heterocycles. The molecule has 0 saturated carbocycles. The lowest BCUT2D eigenvalue weighted by Gasteiger charge is -2.01. The number of hydrogen-bond acceptors (Lipinski definition) is 1. The van der Waals surface area contributed by atoms with Crippen molar-refractivity contribution >= 4 is 5.65 Å². The van der Waals surface area contributed by atoms with Crippen LogP contribution in [0.5, 0.6) is 0 Å². The highest BCUT2D eigenvalue weighted by Crippen LogP contribution is 2.23. The average Bonchev–Trinajstić information content (AvgIpc) is 3.16. The van der Waals surface area contributed by atoms with E-state index in [1.165, 1.54) is 36.8 Å². The number of halogens is 1. The predicted molar refractivity (Wildman–Crippen MR) is 110 cm³/mol. The number of pyridine rings is 2. The summed E-state index contributed by atoms with van der Waals surface area (Å²) < 4.78 is 4.36. The second kappa shape index (κ2) is 9.82. The monoisotopic (exact) mass is 483 g/mol. The molecule has 0 radical (unpaired) electrons. The van der Waals surface area contributed by atoms with Crippen LogP contribution >= 0.6 is 0 Å². The highest BCUT2D eigenvalue weighted by Gasteiger charge is 2.08. The predicted octanol–water partition coefficient (Wildman–Crippen LogP) is 2.54. The number of aromatic nitrogens is 3. The van der Waals surface area contributed by atoms with Crippen molar-refractivity contribution < 1.29 is 28.5 Å². The molecule has 0 aliphatic carbocycles. The summed E-state index contributed by atoms with van der Waals surface area (Å²) in [4.78, 5) is 4.84. The van der Waals surface area contributed by atoms with Crippen molar-refractivity contribution in [2.24, 2.45) is 0 Å². The van der Waals surface area contributed by atoms with E-state index in [1.807, 2.05) is 6.07 Å². The maximum Gasteiger partial charge on any atom is 0.169 e. The Hall–Kier alpha value is -2.21. The molecular weight excluding hydrogens is 457 g/mol. The van der Waals surface area contributed by atoms with Crippen molar-refractivity contribution in [3.05, 3.63) is 79.4 Å². The Morgan fingerprint density at radius 2 is 1.64 bits per heavy atom. The second-order valence-electron chi connectivity index (χ2n) is 7.06. The van der Waals surface area contributed by atoms with Crippen molar-refractivity contribution in [3.8, 4) is 22.4 Å². The molecule has 0 aliphatic heterocycles. The molecule has 4 aromatic rings. The molecule has 0 N–H and O–H groups in total. The summed E-state index contributed by atoms with van der Waals surface area (Å²) in [5.41, 5.74) is 5.55. The van der Waals surface area contributed by atoms with Gasteiger partial charge in [-0.25, -0.2) is 9.55 Å². The van der Waals surface area contributed by atoms with Crippen LogP contribution in [0, 0.1) is 0 Å². The Bertz CT molecular complexity index is 1010. The Morgan fingerprint density at radius 3 is 2.39 bits per heavy atom. The van der Waals surface area contributed by atoms with Gasteiger partial charge in [-0.1, -0.05) is 50.1 Å². The fraction of sp³-hybridized carbons (Fsp3) is 0.250. The normalized spacial score (nSPS) is 10.8. The molecule has 1 aromatic carbocycles. The minimum Gasteiger partial charge on any atom is -1.00 e. The molecule has 0 fully saturated rings. The van der Waals surface area contributed by atoms with E-state index in [4.69, 9.17) is 4.98 Å². The van der Waals surface area contributed by atoms with Crippen LogP contribution in [-0.4, -0.2) is 9.38 Å². The van der Waals surface area contributed by atoms with Gasteiger partial charge < -0.3 is 28.4 Å². The summed E-state index contributed by atoms with van der Waals surface area (Å²) in [7, 11) is 0. The average molecular weight is 483 g/mol. The van der Waals surface area contributed by atoms with Crippen molar-refractivity contribution in [1.29, 1.82) is 0 Å². The molecule has 3 nitrogen and oxygen atoms in total. The van der Waals surface area contributed by atoms with E-state index >= 15 is 0 Å². The van der Waals surface area contributed by atoms with E-state index in [9.17, 15) is 0 Å². The molecule has 0 amide bonds.